The maximum atomic E-state index is 12.2. The Bertz CT molecular complexity index is 749. The minimum absolute atomic E-state index is 0. The Kier molecular flexibility index (Phi) is 8.76. The summed E-state index contributed by atoms with van der Waals surface area (Å²) in [6.07, 6.45) is 2.42. The summed E-state index contributed by atoms with van der Waals surface area (Å²) in [5.74, 6) is 1.99. The second kappa shape index (κ2) is 10.8. The Morgan fingerprint density at radius 1 is 1.04 bits per heavy atom. The zero-order valence-corrected chi connectivity index (χ0v) is 18.8. The molecule has 1 fully saturated rings. The molecular formula is C21H28IN3OS. The largest absolute Gasteiger partial charge is 0.356 e. The Morgan fingerprint density at radius 2 is 1.67 bits per heavy atom. The predicted octanol–water partition coefficient (Wildman–Crippen LogP) is 3.45. The van der Waals surface area contributed by atoms with E-state index in [-0.39, 0.29) is 29.4 Å². The molecule has 1 unspecified atom stereocenters. The van der Waals surface area contributed by atoms with Crippen LogP contribution in [0.3, 0.4) is 0 Å². The fraction of sp³-hybridized carbons (Fsp3) is 0.381. The van der Waals surface area contributed by atoms with Crippen LogP contribution in [-0.4, -0.2) is 36.1 Å². The van der Waals surface area contributed by atoms with Gasteiger partial charge in [0.1, 0.15) is 0 Å². The lowest BCUT2D eigenvalue weighted by Crippen LogP contribution is -2.42. The smallest absolute Gasteiger partial charge is 0.191 e. The molecule has 2 aromatic rings. The number of hydrogen-bond donors (Lipinski definition) is 2. The van der Waals surface area contributed by atoms with Gasteiger partial charge in [0.05, 0.1) is 0 Å². The summed E-state index contributed by atoms with van der Waals surface area (Å²) < 4.78 is 12.2. The third-order valence-electron chi connectivity index (χ3n) is 4.85. The minimum atomic E-state index is -0.873. The lowest BCUT2D eigenvalue weighted by atomic mass is 9.96. The van der Waals surface area contributed by atoms with Gasteiger partial charge >= 0.3 is 0 Å². The first-order valence-electron chi connectivity index (χ1n) is 9.11. The molecule has 6 heteroatoms. The van der Waals surface area contributed by atoms with Gasteiger partial charge in [-0.15, -0.1) is 24.0 Å². The maximum absolute atomic E-state index is 12.2. The van der Waals surface area contributed by atoms with Gasteiger partial charge in [0.25, 0.3) is 0 Å². The van der Waals surface area contributed by atoms with E-state index in [0.717, 1.165) is 18.1 Å². The van der Waals surface area contributed by atoms with Crippen molar-refractivity contribution < 1.29 is 4.21 Å². The summed E-state index contributed by atoms with van der Waals surface area (Å²) in [5, 5.41) is 6.72. The standard InChI is InChI=1S/C21H27N3OS.HI/c1-22-20(23-14-15-26(25)16-18-8-4-2-5-9-18)24-17-21(12-13-21)19-10-6-3-7-11-19;/h2-11H,12-17H2,1H3,(H2,22,23,24);1H. The average molecular weight is 497 g/mol. The third kappa shape index (κ3) is 6.60. The van der Waals surface area contributed by atoms with Gasteiger partial charge in [-0.05, 0) is 24.0 Å². The van der Waals surface area contributed by atoms with Crippen LogP contribution in [0.2, 0.25) is 0 Å². The van der Waals surface area contributed by atoms with Crippen molar-refractivity contribution >= 4 is 40.7 Å². The highest BCUT2D eigenvalue weighted by Gasteiger charge is 2.43. The molecule has 0 spiro atoms. The van der Waals surface area contributed by atoms with Crippen LogP contribution in [0.25, 0.3) is 0 Å². The van der Waals surface area contributed by atoms with Crippen LogP contribution in [0.4, 0.5) is 0 Å². The Morgan fingerprint density at radius 3 is 2.26 bits per heavy atom. The summed E-state index contributed by atoms with van der Waals surface area (Å²) in [6.45, 7) is 1.53. The third-order valence-corrected chi connectivity index (χ3v) is 6.16. The molecule has 1 aliphatic carbocycles. The number of nitrogens with one attached hydrogen (secondary N) is 2. The highest BCUT2D eigenvalue weighted by molar-refractivity contribution is 14.0. The van der Waals surface area contributed by atoms with Crippen molar-refractivity contribution in [1.29, 1.82) is 0 Å². The second-order valence-corrected chi connectivity index (χ2v) is 8.35. The van der Waals surface area contributed by atoms with Crippen molar-refractivity contribution in [3.63, 3.8) is 0 Å². The fourth-order valence-corrected chi connectivity index (χ4v) is 4.14. The number of nitrogens with zero attached hydrogens (tertiary/aromatic N) is 1. The first-order valence-corrected chi connectivity index (χ1v) is 10.6. The second-order valence-electron chi connectivity index (χ2n) is 6.77. The van der Waals surface area contributed by atoms with Gasteiger partial charge in [-0.3, -0.25) is 9.20 Å². The monoisotopic (exact) mass is 497 g/mol. The lowest BCUT2D eigenvalue weighted by molar-refractivity contribution is 0.647. The van der Waals surface area contributed by atoms with E-state index in [0.29, 0.717) is 18.1 Å². The number of guanidine groups is 1. The summed E-state index contributed by atoms with van der Waals surface area (Å²) in [5.41, 5.74) is 2.76. The van der Waals surface area contributed by atoms with Crippen LogP contribution in [0.1, 0.15) is 24.0 Å². The summed E-state index contributed by atoms with van der Waals surface area (Å²) in [7, 11) is 0.903. The number of rotatable bonds is 8. The Balaban J connectivity index is 0.00000261. The number of halogens is 1. The lowest BCUT2D eigenvalue weighted by Gasteiger charge is -2.19. The van der Waals surface area contributed by atoms with E-state index >= 15 is 0 Å². The van der Waals surface area contributed by atoms with Crippen LogP contribution in [0.5, 0.6) is 0 Å². The van der Waals surface area contributed by atoms with Gasteiger partial charge in [-0.2, -0.15) is 0 Å². The van der Waals surface area contributed by atoms with Crippen LogP contribution < -0.4 is 10.6 Å². The summed E-state index contributed by atoms with van der Waals surface area (Å²) >= 11 is 0. The molecule has 0 bridgehead atoms. The van der Waals surface area contributed by atoms with E-state index in [1.165, 1.54) is 18.4 Å². The molecule has 0 saturated heterocycles. The first kappa shape index (κ1) is 21.9. The molecule has 1 aliphatic rings. The van der Waals surface area contributed by atoms with Gasteiger partial charge < -0.3 is 10.6 Å². The van der Waals surface area contributed by atoms with E-state index in [1.807, 2.05) is 30.3 Å². The van der Waals surface area contributed by atoms with Crippen LogP contribution in [0, 0.1) is 0 Å². The van der Waals surface area contributed by atoms with E-state index in [9.17, 15) is 4.21 Å². The van der Waals surface area contributed by atoms with Gasteiger partial charge in [-0.25, -0.2) is 0 Å². The molecule has 0 amide bonds. The number of hydrogen-bond acceptors (Lipinski definition) is 2. The van der Waals surface area contributed by atoms with E-state index in [1.54, 1.807) is 7.05 Å². The van der Waals surface area contributed by atoms with Gasteiger partial charge in [-0.1, -0.05) is 60.7 Å². The van der Waals surface area contributed by atoms with Crippen molar-refractivity contribution in [2.24, 2.45) is 4.99 Å². The molecule has 1 atom stereocenters. The molecule has 2 aromatic carbocycles. The molecule has 0 heterocycles. The summed E-state index contributed by atoms with van der Waals surface area (Å²) in [4.78, 5) is 4.29. The van der Waals surface area contributed by atoms with Crippen LogP contribution in [-0.2, 0) is 22.0 Å². The zero-order chi connectivity index (χ0) is 18.2. The molecule has 146 valence electrons. The normalized spacial score (nSPS) is 16.1. The van der Waals surface area contributed by atoms with E-state index in [4.69, 9.17) is 0 Å². The topological polar surface area (TPSA) is 53.5 Å². The summed E-state index contributed by atoms with van der Waals surface area (Å²) in [6, 6.07) is 20.7. The molecule has 0 aromatic heterocycles. The predicted molar refractivity (Wildman–Crippen MR) is 125 cm³/mol. The maximum Gasteiger partial charge on any atom is 0.191 e. The molecular weight excluding hydrogens is 469 g/mol. The van der Waals surface area contributed by atoms with E-state index < -0.39 is 10.8 Å². The Hall–Kier alpha value is -1.41. The van der Waals surface area contributed by atoms with Gasteiger partial charge in [0.2, 0.25) is 0 Å². The van der Waals surface area contributed by atoms with Crippen molar-refractivity contribution in [1.82, 2.24) is 10.6 Å². The van der Waals surface area contributed by atoms with Crippen LogP contribution in [0.15, 0.2) is 65.7 Å². The molecule has 3 rings (SSSR count). The highest BCUT2D eigenvalue weighted by Crippen LogP contribution is 2.47. The highest BCUT2D eigenvalue weighted by atomic mass is 127. The van der Waals surface area contributed by atoms with Crippen molar-refractivity contribution in [3.8, 4) is 0 Å². The van der Waals surface area contributed by atoms with Crippen molar-refractivity contribution in [3.05, 3.63) is 71.8 Å². The molecule has 27 heavy (non-hydrogen) atoms. The quantitative estimate of drug-likeness (QED) is 0.334. The Labute approximate surface area is 181 Å². The van der Waals surface area contributed by atoms with Gasteiger partial charge in [0.15, 0.2) is 5.96 Å². The minimum Gasteiger partial charge on any atom is -0.356 e. The average Bonchev–Trinajstić information content (AvgIpc) is 3.47. The molecule has 2 N–H and O–H groups in total. The first-order chi connectivity index (χ1) is 12.7. The number of benzene rings is 2. The fourth-order valence-electron chi connectivity index (χ4n) is 3.10. The van der Waals surface area contributed by atoms with Crippen molar-refractivity contribution in [2.75, 3.05) is 25.9 Å². The molecule has 4 nitrogen and oxygen atoms in total. The van der Waals surface area contributed by atoms with Crippen LogP contribution >= 0.6 is 24.0 Å². The zero-order valence-electron chi connectivity index (χ0n) is 15.7. The van der Waals surface area contributed by atoms with Gasteiger partial charge in [0, 0.05) is 47.9 Å². The number of aliphatic imine (C=N–C) groups is 1. The molecule has 1 saturated carbocycles. The van der Waals surface area contributed by atoms with E-state index in [2.05, 4.69) is 46.0 Å². The SMILES string of the molecule is CN=C(NCCS(=O)Cc1ccccc1)NCC1(c2ccccc2)CC1.I. The molecule has 0 radical (unpaired) electrons. The van der Waals surface area contributed by atoms with Crippen molar-refractivity contribution in [2.45, 2.75) is 24.0 Å². The molecule has 0 aliphatic heterocycles.